The van der Waals surface area contributed by atoms with Crippen molar-refractivity contribution >= 4 is 26.7 Å². The minimum absolute atomic E-state index is 0.0387. The van der Waals surface area contributed by atoms with Gasteiger partial charge in [0.15, 0.2) is 9.84 Å². The summed E-state index contributed by atoms with van der Waals surface area (Å²) >= 11 is 0. The molecule has 4 aromatic rings. The molecule has 0 radical (unpaired) electrons. The van der Waals surface area contributed by atoms with Gasteiger partial charge in [-0.25, -0.2) is 31.0 Å². The number of rotatable bonds is 9. The third kappa shape index (κ3) is 9.41. The zero-order valence-electron chi connectivity index (χ0n) is 27.7. The quantitative estimate of drug-likeness (QED) is 0.120. The molecule has 8 nitrogen and oxygen atoms in total. The molecule has 256 valence electrons. The van der Waals surface area contributed by atoms with Gasteiger partial charge in [0.2, 0.25) is 0 Å². The number of hydrogen-bond acceptors (Lipinski definition) is 7. The minimum Gasteiger partial charge on any atom is -0.460 e. The highest BCUT2D eigenvalue weighted by molar-refractivity contribution is 7.89. The first-order valence-electron chi connectivity index (χ1n) is 15.0. The van der Waals surface area contributed by atoms with Crippen molar-refractivity contribution in [3.8, 4) is 23.0 Å². The molecule has 0 unspecified atom stereocenters. The van der Waals surface area contributed by atoms with Gasteiger partial charge in [0, 0.05) is 47.4 Å². The van der Waals surface area contributed by atoms with Crippen molar-refractivity contribution in [2.45, 2.75) is 76.8 Å². The third-order valence-electron chi connectivity index (χ3n) is 7.06. The van der Waals surface area contributed by atoms with Crippen molar-refractivity contribution in [1.82, 2.24) is 14.8 Å². The number of ether oxygens (including phenoxy) is 1. The molecule has 1 N–H and O–H groups in total. The Morgan fingerprint density at radius 1 is 1.02 bits per heavy atom. The van der Waals surface area contributed by atoms with Crippen LogP contribution in [0, 0.1) is 23.5 Å². The molecule has 2 heterocycles. The predicted octanol–water partition coefficient (Wildman–Crippen LogP) is 6.58. The second-order valence-corrected chi connectivity index (χ2v) is 15.4. The zero-order valence-corrected chi connectivity index (χ0v) is 28.5. The topological polar surface area (TPSA) is 111 Å². The Balaban J connectivity index is 2.05. The molecule has 0 aliphatic heterocycles. The smallest absolute Gasteiger partial charge is 0.306 e. The first-order valence-corrected chi connectivity index (χ1v) is 17.0. The molecule has 1 atom stereocenters. The first kappa shape index (κ1) is 36.6. The lowest BCUT2D eigenvalue weighted by Crippen LogP contribution is -2.25. The van der Waals surface area contributed by atoms with Crippen molar-refractivity contribution in [2.24, 2.45) is 7.05 Å². The molecule has 4 rings (SSSR count). The fourth-order valence-corrected chi connectivity index (χ4v) is 6.14. The van der Waals surface area contributed by atoms with Crippen molar-refractivity contribution in [3.63, 3.8) is 0 Å². The summed E-state index contributed by atoms with van der Waals surface area (Å²) in [6.07, 6.45) is -2.35. The fourth-order valence-electron chi connectivity index (χ4n) is 5.44. The van der Waals surface area contributed by atoms with Crippen LogP contribution in [-0.4, -0.2) is 51.7 Å². The Kier molecular flexibility index (Phi) is 10.4. The maximum absolute atomic E-state index is 14.3. The Labute approximate surface area is 277 Å². The largest absolute Gasteiger partial charge is 0.460 e. The number of esters is 1. The van der Waals surface area contributed by atoms with Crippen LogP contribution in [0.1, 0.15) is 81.6 Å². The van der Waals surface area contributed by atoms with Gasteiger partial charge in [0.1, 0.15) is 28.5 Å². The Morgan fingerprint density at radius 3 is 2.21 bits per heavy atom. The summed E-state index contributed by atoms with van der Waals surface area (Å²) in [6, 6.07) is 8.78. The van der Waals surface area contributed by atoms with Crippen molar-refractivity contribution < 1.29 is 40.6 Å². The number of alkyl halides is 2. The van der Waals surface area contributed by atoms with Crippen LogP contribution >= 0.6 is 0 Å². The number of aromatic nitrogens is 3. The summed E-state index contributed by atoms with van der Waals surface area (Å²) < 4.78 is 88.7. The maximum atomic E-state index is 14.3. The summed E-state index contributed by atoms with van der Waals surface area (Å²) in [6.45, 7) is 8.04. The van der Waals surface area contributed by atoms with E-state index in [4.69, 9.17) is 9.72 Å². The van der Waals surface area contributed by atoms with Gasteiger partial charge < -0.3 is 9.84 Å². The number of aliphatic hydroxyl groups is 1. The standard InChI is InChI=1S/C35H37F4N3O5S/c1-34(2,3)47-29(43)17-21(14-20-15-22(36)18-23(37)16-20)31-25(9-8-24(40-31)12-13-35(4,5)44)26-10-11-27(33(38)39)30-28(19-48(7,45)46)41-42(6)32(26)30/h8-11,15-16,18,21,33,44H,14,17,19H2,1-7H3/t21-/m1/s1. The second-order valence-electron chi connectivity index (χ2n) is 13.3. The number of fused-ring (bicyclic) bond motifs is 1. The molecule has 0 aliphatic carbocycles. The highest BCUT2D eigenvalue weighted by atomic mass is 32.2. The van der Waals surface area contributed by atoms with Crippen LogP contribution in [-0.2, 0) is 38.6 Å². The summed E-state index contributed by atoms with van der Waals surface area (Å²) in [4.78, 5) is 18.0. The molecular weight excluding hydrogens is 650 g/mol. The lowest BCUT2D eigenvalue weighted by molar-refractivity contribution is -0.155. The van der Waals surface area contributed by atoms with E-state index in [-0.39, 0.29) is 46.4 Å². The van der Waals surface area contributed by atoms with Gasteiger partial charge in [-0.1, -0.05) is 18.1 Å². The van der Waals surface area contributed by atoms with E-state index in [0.717, 1.165) is 24.5 Å². The van der Waals surface area contributed by atoms with Crippen LogP contribution < -0.4 is 0 Å². The van der Waals surface area contributed by atoms with Crippen molar-refractivity contribution in [1.29, 1.82) is 0 Å². The van der Waals surface area contributed by atoms with E-state index in [1.54, 1.807) is 32.9 Å². The van der Waals surface area contributed by atoms with Crippen molar-refractivity contribution in [3.05, 3.63) is 82.3 Å². The number of carbonyl (C=O) groups is 1. The Hall–Kier alpha value is -4.28. The van der Waals surface area contributed by atoms with Gasteiger partial charge in [-0.2, -0.15) is 5.10 Å². The van der Waals surface area contributed by atoms with E-state index >= 15 is 0 Å². The summed E-state index contributed by atoms with van der Waals surface area (Å²) in [5.41, 5.74) is -1.18. The molecule has 0 aliphatic rings. The number of benzene rings is 2. The molecule has 48 heavy (non-hydrogen) atoms. The van der Waals surface area contributed by atoms with E-state index in [9.17, 15) is 35.9 Å². The number of pyridine rings is 1. The van der Waals surface area contributed by atoms with Gasteiger partial charge >= 0.3 is 5.97 Å². The number of sulfone groups is 1. The molecule has 2 aromatic carbocycles. The average molecular weight is 688 g/mol. The fraction of sp³-hybridized carbons (Fsp3) is 0.400. The van der Waals surface area contributed by atoms with Crippen LogP contribution in [0.2, 0.25) is 0 Å². The normalized spacial score (nSPS) is 13.0. The second kappa shape index (κ2) is 13.7. The molecule has 0 amide bonds. The van der Waals surface area contributed by atoms with Gasteiger partial charge in [0.05, 0.1) is 29.1 Å². The third-order valence-corrected chi connectivity index (χ3v) is 7.86. The molecule has 0 saturated heterocycles. The van der Waals surface area contributed by atoms with E-state index in [2.05, 4.69) is 16.9 Å². The monoisotopic (exact) mass is 687 g/mol. The summed E-state index contributed by atoms with van der Waals surface area (Å²) in [7, 11) is -2.18. The Morgan fingerprint density at radius 2 is 1.65 bits per heavy atom. The highest BCUT2D eigenvalue weighted by Gasteiger charge is 2.29. The number of carbonyl (C=O) groups excluding carboxylic acids is 1. The number of nitrogens with zero attached hydrogens (tertiary/aromatic N) is 3. The predicted molar refractivity (Wildman–Crippen MR) is 174 cm³/mol. The highest BCUT2D eigenvalue weighted by Crippen LogP contribution is 2.40. The maximum Gasteiger partial charge on any atom is 0.306 e. The van der Waals surface area contributed by atoms with Gasteiger partial charge in [-0.15, -0.1) is 0 Å². The molecule has 0 saturated carbocycles. The van der Waals surface area contributed by atoms with Gasteiger partial charge in [-0.05, 0) is 76.8 Å². The number of halogens is 4. The summed E-state index contributed by atoms with van der Waals surface area (Å²) in [5.74, 6) is 1.75. The molecule has 2 aromatic heterocycles. The van der Waals surface area contributed by atoms with Crippen LogP contribution in [0.3, 0.4) is 0 Å². The molecule has 13 heteroatoms. The van der Waals surface area contributed by atoms with Crippen LogP contribution in [0.5, 0.6) is 0 Å². The van der Waals surface area contributed by atoms with Crippen molar-refractivity contribution in [2.75, 3.05) is 6.26 Å². The van der Waals surface area contributed by atoms with Crippen LogP contribution in [0.25, 0.3) is 22.0 Å². The molecule has 0 fully saturated rings. The lowest BCUT2D eigenvalue weighted by Gasteiger charge is -2.24. The van der Waals surface area contributed by atoms with Crippen LogP contribution in [0.15, 0.2) is 42.5 Å². The molecular formula is C35H37F4N3O5S. The van der Waals surface area contributed by atoms with E-state index in [0.29, 0.717) is 11.1 Å². The van der Waals surface area contributed by atoms with Gasteiger partial charge in [0.25, 0.3) is 6.43 Å². The van der Waals surface area contributed by atoms with Gasteiger partial charge in [-0.3, -0.25) is 9.48 Å². The zero-order chi connectivity index (χ0) is 35.8. The van der Waals surface area contributed by atoms with E-state index < -0.39 is 62.3 Å². The summed E-state index contributed by atoms with van der Waals surface area (Å²) in [5, 5.41) is 14.5. The SMILES string of the molecule is Cn1nc(CS(C)(=O)=O)c2c(C(F)F)ccc(-c3ccc(C#CC(C)(C)O)nc3[C@@H](CC(=O)OC(C)(C)C)Cc3cc(F)cc(F)c3)c21. The van der Waals surface area contributed by atoms with E-state index in [1.165, 1.54) is 37.7 Å². The Bertz CT molecular complexity index is 2020. The molecule has 0 spiro atoms. The van der Waals surface area contributed by atoms with Crippen LogP contribution in [0.4, 0.5) is 17.6 Å². The number of hydrogen-bond donors (Lipinski definition) is 1. The first-order chi connectivity index (χ1) is 22.1. The lowest BCUT2D eigenvalue weighted by atomic mass is 9.86. The minimum atomic E-state index is -3.67. The van der Waals surface area contributed by atoms with E-state index in [1.807, 2.05) is 0 Å². The number of aryl methyl sites for hydroxylation is 1. The average Bonchev–Trinajstić information content (AvgIpc) is 3.23. The molecule has 0 bridgehead atoms.